The smallest absolute Gasteiger partial charge is 0.412 e. The van der Waals surface area contributed by atoms with Crippen LogP contribution in [-0.4, -0.2) is 36.2 Å². The monoisotopic (exact) mass is 426 g/mol. The highest BCUT2D eigenvalue weighted by Crippen LogP contribution is 2.15. The number of hydrogen-bond acceptors (Lipinski definition) is 5. The van der Waals surface area contributed by atoms with Gasteiger partial charge in [0.05, 0.1) is 5.56 Å². The van der Waals surface area contributed by atoms with Crippen molar-refractivity contribution in [3.05, 3.63) is 65.7 Å². The lowest BCUT2D eigenvalue weighted by Crippen LogP contribution is -2.37. The van der Waals surface area contributed by atoms with Crippen molar-refractivity contribution in [2.24, 2.45) is 0 Å². The average Bonchev–Trinajstić information content (AvgIpc) is 2.71. The van der Waals surface area contributed by atoms with Crippen LogP contribution >= 0.6 is 0 Å². The van der Waals surface area contributed by atoms with Gasteiger partial charge in [0.25, 0.3) is 5.91 Å². The van der Waals surface area contributed by atoms with Crippen LogP contribution in [0.3, 0.4) is 0 Å². The Balaban J connectivity index is 1.83. The highest BCUT2D eigenvalue weighted by atomic mass is 16.6. The third-order valence-electron chi connectivity index (χ3n) is 4.37. The summed E-state index contributed by atoms with van der Waals surface area (Å²) >= 11 is 0. The molecule has 2 N–H and O–H groups in total. The Hall–Kier alpha value is -3.35. The standard InChI is InChI=1S/C24H30N2O5/c1-16(18-9-7-6-8-10-18)15-25-21(27)17(2)30-22(28)19-11-13-20(14-12-19)26-23(29)31-24(3,4)5/h6-14,16-17H,15H2,1-5H3,(H,25,27)(H,26,29)/t16-,17+/m0/s1. The van der Waals surface area contributed by atoms with E-state index in [0.717, 1.165) is 5.56 Å². The molecule has 7 heteroatoms. The van der Waals surface area contributed by atoms with Gasteiger partial charge in [-0.15, -0.1) is 0 Å². The maximum atomic E-state index is 12.3. The third kappa shape index (κ3) is 8.12. The van der Waals surface area contributed by atoms with Gasteiger partial charge in [0.1, 0.15) is 5.60 Å². The van der Waals surface area contributed by atoms with Gasteiger partial charge in [-0.2, -0.15) is 0 Å². The van der Waals surface area contributed by atoms with Crippen molar-refractivity contribution in [2.75, 3.05) is 11.9 Å². The van der Waals surface area contributed by atoms with Crippen molar-refractivity contribution in [3.8, 4) is 0 Å². The Labute approximate surface area is 183 Å². The first kappa shape index (κ1) is 23.9. The lowest BCUT2D eigenvalue weighted by atomic mass is 10.0. The van der Waals surface area contributed by atoms with Crippen LogP contribution in [0.15, 0.2) is 54.6 Å². The summed E-state index contributed by atoms with van der Waals surface area (Å²) in [6, 6.07) is 16.0. The maximum absolute atomic E-state index is 12.3. The van der Waals surface area contributed by atoms with E-state index in [1.807, 2.05) is 37.3 Å². The molecule has 0 aliphatic carbocycles. The van der Waals surface area contributed by atoms with Gasteiger partial charge in [0.2, 0.25) is 0 Å². The molecule has 0 aliphatic rings. The molecule has 31 heavy (non-hydrogen) atoms. The van der Waals surface area contributed by atoms with Crippen LogP contribution in [0, 0.1) is 0 Å². The van der Waals surface area contributed by atoms with Crippen LogP contribution in [0.25, 0.3) is 0 Å². The second-order valence-corrected chi connectivity index (χ2v) is 8.31. The largest absolute Gasteiger partial charge is 0.449 e. The summed E-state index contributed by atoms with van der Waals surface area (Å²) in [5.74, 6) is -0.847. The number of anilines is 1. The zero-order valence-corrected chi connectivity index (χ0v) is 18.6. The Morgan fingerprint density at radius 3 is 2.13 bits per heavy atom. The van der Waals surface area contributed by atoms with Crippen molar-refractivity contribution in [2.45, 2.75) is 52.2 Å². The van der Waals surface area contributed by atoms with Gasteiger partial charge >= 0.3 is 12.1 Å². The number of amides is 2. The summed E-state index contributed by atoms with van der Waals surface area (Å²) < 4.78 is 10.4. The Morgan fingerprint density at radius 1 is 0.935 bits per heavy atom. The third-order valence-corrected chi connectivity index (χ3v) is 4.37. The van der Waals surface area contributed by atoms with Crippen molar-refractivity contribution < 1.29 is 23.9 Å². The summed E-state index contributed by atoms with van der Waals surface area (Å²) in [6.07, 6.45) is -1.52. The van der Waals surface area contributed by atoms with Gasteiger partial charge in [-0.1, -0.05) is 37.3 Å². The van der Waals surface area contributed by atoms with E-state index in [1.165, 1.54) is 19.1 Å². The molecule has 0 bridgehead atoms. The van der Waals surface area contributed by atoms with E-state index in [9.17, 15) is 14.4 Å². The van der Waals surface area contributed by atoms with E-state index in [-0.39, 0.29) is 17.4 Å². The van der Waals surface area contributed by atoms with E-state index in [4.69, 9.17) is 9.47 Å². The van der Waals surface area contributed by atoms with Crippen LogP contribution in [0.1, 0.15) is 56.5 Å². The molecule has 166 valence electrons. The lowest BCUT2D eigenvalue weighted by molar-refractivity contribution is -0.129. The van der Waals surface area contributed by atoms with Crippen LogP contribution in [0.2, 0.25) is 0 Å². The predicted molar refractivity (Wildman–Crippen MR) is 119 cm³/mol. The Morgan fingerprint density at radius 2 is 1.55 bits per heavy atom. The fraction of sp³-hybridized carbons (Fsp3) is 0.375. The molecule has 2 rings (SSSR count). The lowest BCUT2D eigenvalue weighted by Gasteiger charge is -2.19. The zero-order chi connectivity index (χ0) is 23.0. The summed E-state index contributed by atoms with van der Waals surface area (Å²) in [5, 5.41) is 5.40. The molecule has 0 heterocycles. The molecular weight excluding hydrogens is 396 g/mol. The molecule has 2 amide bonds. The second kappa shape index (κ2) is 10.6. The number of esters is 1. The number of carbonyl (C=O) groups is 3. The summed E-state index contributed by atoms with van der Waals surface area (Å²) in [6.45, 7) is 9.29. The summed E-state index contributed by atoms with van der Waals surface area (Å²) in [4.78, 5) is 36.4. The minimum Gasteiger partial charge on any atom is -0.449 e. The molecule has 0 aromatic heterocycles. The van der Waals surface area contributed by atoms with Crippen LogP contribution < -0.4 is 10.6 Å². The second-order valence-electron chi connectivity index (χ2n) is 8.31. The number of rotatable bonds is 7. The molecular formula is C24H30N2O5. The van der Waals surface area contributed by atoms with Crippen LogP contribution in [-0.2, 0) is 14.3 Å². The van der Waals surface area contributed by atoms with Gasteiger partial charge < -0.3 is 14.8 Å². The zero-order valence-electron chi connectivity index (χ0n) is 18.6. The maximum Gasteiger partial charge on any atom is 0.412 e. The van der Waals surface area contributed by atoms with Crippen molar-refractivity contribution in [1.82, 2.24) is 5.32 Å². The van der Waals surface area contributed by atoms with Crippen molar-refractivity contribution >= 4 is 23.7 Å². The van der Waals surface area contributed by atoms with Crippen molar-refractivity contribution in [3.63, 3.8) is 0 Å². The first-order chi connectivity index (χ1) is 14.5. The van der Waals surface area contributed by atoms with Gasteiger partial charge in [0, 0.05) is 12.2 Å². The highest BCUT2D eigenvalue weighted by Gasteiger charge is 2.20. The molecule has 0 saturated carbocycles. The quantitative estimate of drug-likeness (QED) is 0.636. The number of nitrogens with one attached hydrogen (secondary N) is 2. The fourth-order valence-corrected chi connectivity index (χ4v) is 2.69. The minimum atomic E-state index is -0.935. The van der Waals surface area contributed by atoms with Crippen molar-refractivity contribution in [1.29, 1.82) is 0 Å². The van der Waals surface area contributed by atoms with Gasteiger partial charge in [-0.25, -0.2) is 9.59 Å². The predicted octanol–water partition coefficient (Wildman–Crippen LogP) is 4.50. The molecule has 0 unspecified atom stereocenters. The molecule has 0 aliphatic heterocycles. The first-order valence-electron chi connectivity index (χ1n) is 10.2. The SMILES string of the molecule is C[C@@H](OC(=O)c1ccc(NC(=O)OC(C)(C)C)cc1)C(=O)NC[C@H](C)c1ccccc1. The molecule has 0 spiro atoms. The number of hydrogen-bond donors (Lipinski definition) is 2. The first-order valence-corrected chi connectivity index (χ1v) is 10.2. The van der Waals surface area contributed by atoms with Crippen LogP contribution in [0.5, 0.6) is 0 Å². The van der Waals surface area contributed by atoms with Crippen LogP contribution in [0.4, 0.5) is 10.5 Å². The van der Waals surface area contributed by atoms with E-state index >= 15 is 0 Å². The minimum absolute atomic E-state index is 0.137. The fourth-order valence-electron chi connectivity index (χ4n) is 2.69. The average molecular weight is 427 g/mol. The summed E-state index contributed by atoms with van der Waals surface area (Å²) in [7, 11) is 0. The van der Waals surface area contributed by atoms with E-state index in [2.05, 4.69) is 10.6 Å². The van der Waals surface area contributed by atoms with Gasteiger partial charge in [0.15, 0.2) is 6.10 Å². The Kier molecular flexibility index (Phi) is 8.19. The molecule has 2 aromatic rings. The summed E-state index contributed by atoms with van der Waals surface area (Å²) in [5.41, 5.74) is 1.26. The number of ether oxygens (including phenoxy) is 2. The topological polar surface area (TPSA) is 93.7 Å². The van der Waals surface area contributed by atoms with E-state index in [1.54, 1.807) is 32.9 Å². The normalized spacial score (nSPS) is 12.9. The number of benzene rings is 2. The molecule has 0 saturated heterocycles. The highest BCUT2D eigenvalue weighted by molar-refractivity contribution is 5.93. The van der Waals surface area contributed by atoms with Gasteiger partial charge in [-0.05, 0) is 63.4 Å². The molecule has 0 radical (unpaired) electrons. The molecule has 0 fully saturated rings. The van der Waals surface area contributed by atoms with Gasteiger partial charge in [-0.3, -0.25) is 10.1 Å². The molecule has 2 atom stereocenters. The Bertz CT molecular complexity index is 888. The van der Waals surface area contributed by atoms with E-state index < -0.39 is 23.8 Å². The molecule has 7 nitrogen and oxygen atoms in total. The van der Waals surface area contributed by atoms with E-state index in [0.29, 0.717) is 12.2 Å². The molecule has 2 aromatic carbocycles. The number of carbonyl (C=O) groups excluding carboxylic acids is 3.